The molecule has 24 heavy (non-hydrogen) atoms. The van der Waals surface area contributed by atoms with Gasteiger partial charge in [-0.05, 0) is 43.0 Å². The molecule has 2 atom stereocenters. The fraction of sp³-hybridized carbons (Fsp3) is 0.400. The van der Waals surface area contributed by atoms with Crippen LogP contribution in [0.25, 0.3) is 0 Å². The molecule has 4 heteroatoms. The first kappa shape index (κ1) is 14.5. The molecule has 128 valence electrons. The molecule has 1 saturated heterocycles. The standard InChI is InChI=1S/C20H25NO3/c1-15(19(23)16-7-9-18(22)10-8-16)21-13-11-20(24,12-14-21)17-5-3-2-4-6-17/h2-10,15,19,22-24H,11-14H2,1H3/t15-,19+/m1/s1/i3T,4T. The number of benzene rings is 2. The Hall–Kier alpha value is -1.88. The van der Waals surface area contributed by atoms with E-state index in [0.717, 1.165) is 5.56 Å². The van der Waals surface area contributed by atoms with Crippen LogP contribution in [-0.2, 0) is 5.60 Å². The second kappa shape index (κ2) is 6.93. The van der Waals surface area contributed by atoms with E-state index in [4.69, 9.17) is 2.74 Å². The molecule has 3 rings (SSSR count). The van der Waals surface area contributed by atoms with E-state index in [0.29, 0.717) is 31.5 Å². The van der Waals surface area contributed by atoms with Crippen molar-refractivity contribution >= 4 is 0 Å². The van der Waals surface area contributed by atoms with Gasteiger partial charge in [-0.25, -0.2) is 0 Å². The van der Waals surface area contributed by atoms with Gasteiger partial charge in [-0.15, -0.1) is 0 Å². The SMILES string of the molecule is [3H]c1cc([3H])cc(C2(O)CCN([C@H](C)[C@H](O)c3ccc(O)cc3)CC2)c1. The van der Waals surface area contributed by atoms with E-state index in [1.165, 1.54) is 6.07 Å². The van der Waals surface area contributed by atoms with Crippen molar-refractivity contribution in [1.29, 1.82) is 0 Å². The van der Waals surface area contributed by atoms with E-state index in [-0.39, 0.29) is 23.9 Å². The highest BCUT2D eigenvalue weighted by atomic mass is 16.3. The summed E-state index contributed by atoms with van der Waals surface area (Å²) in [4.78, 5) is 2.14. The van der Waals surface area contributed by atoms with E-state index >= 15 is 0 Å². The minimum absolute atomic E-state index is 0.127. The second-order valence-electron chi connectivity index (χ2n) is 6.57. The van der Waals surface area contributed by atoms with Gasteiger partial charge in [-0.1, -0.05) is 42.4 Å². The lowest BCUT2D eigenvalue weighted by atomic mass is 9.83. The Kier molecular flexibility index (Phi) is 4.18. The van der Waals surface area contributed by atoms with Gasteiger partial charge in [0.2, 0.25) is 0 Å². The third kappa shape index (κ3) is 3.46. The Morgan fingerprint density at radius 2 is 1.67 bits per heavy atom. The highest BCUT2D eigenvalue weighted by molar-refractivity contribution is 5.28. The number of aromatic hydroxyl groups is 1. The summed E-state index contributed by atoms with van der Waals surface area (Å²) in [5.74, 6) is 0.169. The Bertz CT molecular complexity index is 738. The third-order valence-corrected chi connectivity index (χ3v) is 5.07. The van der Waals surface area contributed by atoms with Crippen molar-refractivity contribution < 1.29 is 18.1 Å². The molecule has 0 aliphatic carbocycles. The zero-order valence-electron chi connectivity index (χ0n) is 15.8. The zero-order valence-corrected chi connectivity index (χ0v) is 13.8. The van der Waals surface area contributed by atoms with E-state index < -0.39 is 11.7 Å². The Morgan fingerprint density at radius 3 is 2.25 bits per heavy atom. The normalized spacial score (nSPS) is 21.6. The number of phenolic OH excluding ortho intramolecular Hbond substituents is 1. The van der Waals surface area contributed by atoms with Gasteiger partial charge in [0.1, 0.15) is 5.75 Å². The maximum Gasteiger partial charge on any atom is 0.115 e. The summed E-state index contributed by atoms with van der Waals surface area (Å²) in [6.07, 6.45) is 0.295. The predicted molar refractivity (Wildman–Crippen MR) is 93.7 cm³/mol. The predicted octanol–water partition coefficient (Wildman–Crippen LogP) is 2.80. The van der Waals surface area contributed by atoms with Crippen molar-refractivity contribution in [3.63, 3.8) is 0 Å². The van der Waals surface area contributed by atoms with Crippen molar-refractivity contribution in [3.8, 4) is 5.75 Å². The molecular weight excluding hydrogens is 302 g/mol. The van der Waals surface area contributed by atoms with Crippen molar-refractivity contribution in [2.45, 2.75) is 37.5 Å². The number of hydrogen-bond acceptors (Lipinski definition) is 4. The molecule has 0 unspecified atom stereocenters. The molecule has 0 saturated carbocycles. The van der Waals surface area contributed by atoms with Gasteiger partial charge in [-0.3, -0.25) is 4.90 Å². The Labute approximate surface area is 145 Å². The maximum atomic E-state index is 11.0. The first-order valence-corrected chi connectivity index (χ1v) is 8.31. The lowest BCUT2D eigenvalue weighted by molar-refractivity contribution is -0.0501. The lowest BCUT2D eigenvalue weighted by Gasteiger charge is -2.42. The molecule has 1 heterocycles. The van der Waals surface area contributed by atoms with Gasteiger partial charge < -0.3 is 15.3 Å². The molecule has 3 N–H and O–H groups in total. The number of piperidine rings is 1. The summed E-state index contributed by atoms with van der Waals surface area (Å²) in [5, 5.41) is 31.0. The summed E-state index contributed by atoms with van der Waals surface area (Å²) in [5.41, 5.74) is 0.338. The van der Waals surface area contributed by atoms with E-state index in [1.807, 2.05) is 6.92 Å². The lowest BCUT2D eigenvalue weighted by Crippen LogP contribution is -2.47. The van der Waals surface area contributed by atoms with Gasteiger partial charge in [0.25, 0.3) is 0 Å². The highest BCUT2D eigenvalue weighted by Gasteiger charge is 2.36. The molecule has 1 fully saturated rings. The van der Waals surface area contributed by atoms with Gasteiger partial charge in [0.05, 0.1) is 14.4 Å². The minimum atomic E-state index is -1.04. The van der Waals surface area contributed by atoms with Crippen LogP contribution < -0.4 is 0 Å². The van der Waals surface area contributed by atoms with Crippen LogP contribution in [-0.4, -0.2) is 39.4 Å². The molecule has 1 aliphatic heterocycles. The maximum absolute atomic E-state index is 11.0. The van der Waals surface area contributed by atoms with Crippen LogP contribution in [0.3, 0.4) is 0 Å². The summed E-state index contributed by atoms with van der Waals surface area (Å²) >= 11 is 0. The van der Waals surface area contributed by atoms with Crippen molar-refractivity contribution in [3.05, 3.63) is 65.7 Å². The summed E-state index contributed by atoms with van der Waals surface area (Å²) in [6, 6.07) is 11.6. The molecule has 4 nitrogen and oxygen atoms in total. The number of likely N-dealkylation sites (tertiary alicyclic amines) is 1. The van der Waals surface area contributed by atoms with Gasteiger partial charge in [-0.2, -0.15) is 0 Å². The van der Waals surface area contributed by atoms with Crippen LogP contribution in [0.5, 0.6) is 5.75 Å². The molecule has 0 amide bonds. The van der Waals surface area contributed by atoms with Crippen LogP contribution in [0.4, 0.5) is 0 Å². The van der Waals surface area contributed by atoms with Gasteiger partial charge in [0.15, 0.2) is 0 Å². The molecule has 2 aromatic carbocycles. The first-order valence-electron chi connectivity index (χ1n) is 9.31. The number of hydrogen-bond donors (Lipinski definition) is 3. The van der Waals surface area contributed by atoms with Crippen LogP contribution in [0.15, 0.2) is 54.5 Å². The molecular formula is C20H25NO3. The fourth-order valence-corrected chi connectivity index (χ4v) is 3.36. The molecule has 0 spiro atoms. The first-order chi connectivity index (χ1) is 12.3. The molecule has 2 aromatic rings. The van der Waals surface area contributed by atoms with E-state index in [9.17, 15) is 15.3 Å². The van der Waals surface area contributed by atoms with Crippen molar-refractivity contribution in [2.75, 3.05) is 13.1 Å². The topological polar surface area (TPSA) is 63.9 Å². The zero-order chi connectivity index (χ0) is 18.9. The molecule has 0 radical (unpaired) electrons. The Morgan fingerprint density at radius 1 is 1.08 bits per heavy atom. The van der Waals surface area contributed by atoms with E-state index in [1.54, 1.807) is 36.4 Å². The van der Waals surface area contributed by atoms with E-state index in [2.05, 4.69) is 4.90 Å². The number of phenols is 1. The minimum Gasteiger partial charge on any atom is -0.508 e. The monoisotopic (exact) mass is 331 g/mol. The number of aliphatic hydroxyl groups is 2. The smallest absolute Gasteiger partial charge is 0.115 e. The fourth-order valence-electron chi connectivity index (χ4n) is 3.36. The summed E-state index contributed by atoms with van der Waals surface area (Å²) in [6.45, 7) is 3.18. The highest BCUT2D eigenvalue weighted by Crippen LogP contribution is 2.34. The molecule has 0 aromatic heterocycles. The van der Waals surface area contributed by atoms with Crippen LogP contribution >= 0.6 is 0 Å². The van der Waals surface area contributed by atoms with Gasteiger partial charge in [0, 0.05) is 19.1 Å². The number of rotatable bonds is 4. The summed E-state index contributed by atoms with van der Waals surface area (Å²) < 4.78 is 15.5. The average Bonchev–Trinajstić information content (AvgIpc) is 2.61. The summed E-state index contributed by atoms with van der Waals surface area (Å²) in [7, 11) is 0. The van der Waals surface area contributed by atoms with Crippen molar-refractivity contribution in [2.24, 2.45) is 0 Å². The van der Waals surface area contributed by atoms with Crippen LogP contribution in [0.2, 0.25) is 0 Å². The molecule has 0 bridgehead atoms. The average molecular weight is 331 g/mol. The second-order valence-corrected chi connectivity index (χ2v) is 6.57. The van der Waals surface area contributed by atoms with Crippen molar-refractivity contribution in [1.82, 2.24) is 4.90 Å². The Balaban J connectivity index is 1.68. The third-order valence-electron chi connectivity index (χ3n) is 5.07. The van der Waals surface area contributed by atoms with Gasteiger partial charge >= 0.3 is 0 Å². The quantitative estimate of drug-likeness (QED) is 0.806. The largest absolute Gasteiger partial charge is 0.508 e. The number of aliphatic hydroxyl groups excluding tert-OH is 1. The van der Waals surface area contributed by atoms with Crippen LogP contribution in [0.1, 0.15) is 39.7 Å². The molecule has 1 aliphatic rings. The number of nitrogens with zero attached hydrogens (tertiary/aromatic N) is 1. The van der Waals surface area contributed by atoms with Crippen LogP contribution in [0, 0.1) is 0 Å².